The molecule has 1 aromatic carbocycles. The van der Waals surface area contributed by atoms with Crippen molar-refractivity contribution in [3.05, 3.63) is 36.3 Å². The molecule has 1 N–H and O–H groups in total. The molecule has 0 aliphatic carbocycles. The number of carbonyl (C=O) groups is 1. The maximum Gasteiger partial charge on any atom is 0.237 e. The van der Waals surface area contributed by atoms with Gasteiger partial charge in [-0.1, -0.05) is 0 Å². The van der Waals surface area contributed by atoms with Crippen molar-refractivity contribution < 1.29 is 13.6 Å². The van der Waals surface area contributed by atoms with E-state index in [0.29, 0.717) is 18.5 Å². The highest BCUT2D eigenvalue weighted by Crippen LogP contribution is 2.26. The number of likely N-dealkylation sites (tertiary alicyclic amines) is 2. The molecular formula is C20H24F2N4O. The summed E-state index contributed by atoms with van der Waals surface area (Å²) in [7, 11) is 0. The molecule has 144 valence electrons. The van der Waals surface area contributed by atoms with E-state index in [-0.39, 0.29) is 30.4 Å². The highest BCUT2D eigenvalue weighted by atomic mass is 19.1. The molecule has 2 aliphatic heterocycles. The standard InChI is InChI=1S/C20H24F2N4O/c1-13-9-14(21)10-26(13)19(27)12-25-8-6-15(11-25)24-18-5-4-17(22)20-16(18)3-2-7-23-20/h2-5,7,13-15,24H,6,8-12H2,1H3/t13-,14+,15-/m1/s1. The monoisotopic (exact) mass is 374 g/mol. The Kier molecular flexibility index (Phi) is 4.95. The Labute approximate surface area is 157 Å². The largest absolute Gasteiger partial charge is 0.380 e. The van der Waals surface area contributed by atoms with Crippen LogP contribution in [0.1, 0.15) is 19.8 Å². The van der Waals surface area contributed by atoms with E-state index in [1.54, 1.807) is 23.2 Å². The zero-order valence-electron chi connectivity index (χ0n) is 15.4. The first-order valence-corrected chi connectivity index (χ1v) is 9.47. The Morgan fingerprint density at radius 2 is 2.19 bits per heavy atom. The van der Waals surface area contributed by atoms with Crippen LogP contribution < -0.4 is 5.32 Å². The second-order valence-corrected chi connectivity index (χ2v) is 7.59. The van der Waals surface area contributed by atoms with Gasteiger partial charge >= 0.3 is 0 Å². The lowest BCUT2D eigenvalue weighted by atomic mass is 10.1. The van der Waals surface area contributed by atoms with E-state index in [0.717, 1.165) is 30.6 Å². The second-order valence-electron chi connectivity index (χ2n) is 7.59. The topological polar surface area (TPSA) is 48.5 Å². The van der Waals surface area contributed by atoms with E-state index in [2.05, 4.69) is 15.2 Å². The fraction of sp³-hybridized carbons (Fsp3) is 0.500. The lowest BCUT2D eigenvalue weighted by Crippen LogP contribution is -2.42. The number of amides is 1. The highest BCUT2D eigenvalue weighted by Gasteiger charge is 2.34. The molecule has 3 atom stereocenters. The Morgan fingerprint density at radius 1 is 1.33 bits per heavy atom. The number of pyridine rings is 1. The molecule has 2 saturated heterocycles. The van der Waals surface area contributed by atoms with Crippen molar-refractivity contribution in [3.8, 4) is 0 Å². The van der Waals surface area contributed by atoms with Crippen LogP contribution in [0.25, 0.3) is 10.9 Å². The van der Waals surface area contributed by atoms with E-state index in [9.17, 15) is 13.6 Å². The smallest absolute Gasteiger partial charge is 0.237 e. The van der Waals surface area contributed by atoms with Gasteiger partial charge in [0.2, 0.25) is 5.91 Å². The normalized spacial score (nSPS) is 26.0. The van der Waals surface area contributed by atoms with Crippen molar-refractivity contribution in [3.63, 3.8) is 0 Å². The molecule has 2 aromatic rings. The first-order valence-electron chi connectivity index (χ1n) is 9.47. The molecule has 0 bridgehead atoms. The van der Waals surface area contributed by atoms with Crippen LogP contribution in [0, 0.1) is 5.82 Å². The lowest BCUT2D eigenvalue weighted by Gasteiger charge is -2.24. The fourth-order valence-electron chi connectivity index (χ4n) is 4.17. The third kappa shape index (κ3) is 3.74. The predicted molar refractivity (Wildman–Crippen MR) is 101 cm³/mol. The number of fused-ring (bicyclic) bond motifs is 1. The average Bonchev–Trinajstić information content (AvgIpc) is 3.23. The fourth-order valence-corrected chi connectivity index (χ4v) is 4.17. The van der Waals surface area contributed by atoms with Gasteiger partial charge in [0.1, 0.15) is 17.5 Å². The molecule has 2 aliphatic rings. The van der Waals surface area contributed by atoms with Crippen LogP contribution in [0.2, 0.25) is 0 Å². The van der Waals surface area contributed by atoms with Crippen molar-refractivity contribution in [1.82, 2.24) is 14.8 Å². The number of aromatic nitrogens is 1. The van der Waals surface area contributed by atoms with E-state index < -0.39 is 6.17 Å². The van der Waals surface area contributed by atoms with Crippen molar-refractivity contribution in [2.24, 2.45) is 0 Å². The number of halogens is 2. The first-order chi connectivity index (χ1) is 13.0. The van der Waals surface area contributed by atoms with Gasteiger partial charge in [0.05, 0.1) is 13.1 Å². The highest BCUT2D eigenvalue weighted by molar-refractivity contribution is 5.91. The molecule has 0 radical (unpaired) electrons. The van der Waals surface area contributed by atoms with Crippen LogP contribution in [0.5, 0.6) is 0 Å². The average molecular weight is 374 g/mol. The SMILES string of the molecule is C[C@@H]1C[C@H](F)CN1C(=O)CN1CC[C@@H](Nc2ccc(F)c3ncccc23)C1. The molecule has 1 aromatic heterocycles. The molecule has 4 rings (SSSR count). The van der Waals surface area contributed by atoms with E-state index in [1.807, 2.05) is 13.0 Å². The lowest BCUT2D eigenvalue weighted by molar-refractivity contribution is -0.132. The summed E-state index contributed by atoms with van der Waals surface area (Å²) in [6, 6.07) is 6.96. The van der Waals surface area contributed by atoms with Crippen molar-refractivity contribution in [1.29, 1.82) is 0 Å². The number of rotatable bonds is 4. The summed E-state index contributed by atoms with van der Waals surface area (Å²) in [5, 5.41) is 4.22. The molecule has 0 spiro atoms. The Balaban J connectivity index is 1.38. The van der Waals surface area contributed by atoms with Crippen LogP contribution in [0.4, 0.5) is 14.5 Å². The number of nitrogens with one attached hydrogen (secondary N) is 1. The number of carbonyl (C=O) groups excluding carboxylic acids is 1. The third-order valence-corrected chi connectivity index (χ3v) is 5.56. The van der Waals surface area contributed by atoms with Crippen LogP contribution in [0.3, 0.4) is 0 Å². The van der Waals surface area contributed by atoms with Gasteiger partial charge in [-0.2, -0.15) is 0 Å². The number of anilines is 1. The van der Waals surface area contributed by atoms with Crippen LogP contribution in [-0.4, -0.2) is 65.1 Å². The van der Waals surface area contributed by atoms with Gasteiger partial charge < -0.3 is 10.2 Å². The van der Waals surface area contributed by atoms with E-state index in [4.69, 9.17) is 0 Å². The minimum absolute atomic E-state index is 0.000248. The zero-order valence-corrected chi connectivity index (χ0v) is 15.4. The minimum Gasteiger partial charge on any atom is -0.380 e. The summed E-state index contributed by atoms with van der Waals surface area (Å²) in [6.45, 7) is 3.97. The third-order valence-electron chi connectivity index (χ3n) is 5.56. The number of benzene rings is 1. The van der Waals surface area contributed by atoms with E-state index >= 15 is 0 Å². The van der Waals surface area contributed by atoms with Crippen LogP contribution >= 0.6 is 0 Å². The summed E-state index contributed by atoms with van der Waals surface area (Å²) in [6.07, 6.45) is 2.01. The number of nitrogens with zero attached hydrogens (tertiary/aromatic N) is 3. The Bertz CT molecular complexity index is 846. The molecule has 0 saturated carbocycles. The maximum absolute atomic E-state index is 13.9. The van der Waals surface area contributed by atoms with Gasteiger partial charge in [-0.3, -0.25) is 14.7 Å². The Morgan fingerprint density at radius 3 is 2.96 bits per heavy atom. The van der Waals surface area contributed by atoms with Crippen LogP contribution in [-0.2, 0) is 4.79 Å². The van der Waals surface area contributed by atoms with Gasteiger partial charge in [0.15, 0.2) is 0 Å². The van der Waals surface area contributed by atoms with Crippen molar-refractivity contribution in [2.45, 2.75) is 38.0 Å². The van der Waals surface area contributed by atoms with E-state index in [1.165, 1.54) is 6.07 Å². The summed E-state index contributed by atoms with van der Waals surface area (Å²) in [5.74, 6) is -0.333. The first kappa shape index (κ1) is 18.1. The summed E-state index contributed by atoms with van der Waals surface area (Å²) >= 11 is 0. The molecule has 27 heavy (non-hydrogen) atoms. The molecule has 7 heteroatoms. The zero-order chi connectivity index (χ0) is 19.0. The number of hydrogen-bond donors (Lipinski definition) is 1. The predicted octanol–water partition coefficient (Wildman–Crippen LogP) is 2.82. The van der Waals surface area contributed by atoms with Gasteiger partial charge in [-0.15, -0.1) is 0 Å². The van der Waals surface area contributed by atoms with Gasteiger partial charge in [-0.05, 0) is 37.6 Å². The second kappa shape index (κ2) is 7.38. The molecule has 5 nitrogen and oxygen atoms in total. The minimum atomic E-state index is -0.905. The van der Waals surface area contributed by atoms with Gasteiger partial charge in [0, 0.05) is 48.9 Å². The van der Waals surface area contributed by atoms with Gasteiger partial charge in [-0.25, -0.2) is 8.78 Å². The summed E-state index contributed by atoms with van der Waals surface area (Å²) in [4.78, 5) is 20.4. The maximum atomic E-state index is 13.9. The van der Waals surface area contributed by atoms with Crippen molar-refractivity contribution >= 4 is 22.5 Å². The molecule has 2 fully saturated rings. The molecule has 1 amide bonds. The van der Waals surface area contributed by atoms with Crippen LogP contribution in [0.15, 0.2) is 30.5 Å². The number of hydrogen-bond acceptors (Lipinski definition) is 4. The summed E-state index contributed by atoms with van der Waals surface area (Å²) < 4.78 is 27.4. The van der Waals surface area contributed by atoms with Gasteiger partial charge in [0.25, 0.3) is 0 Å². The summed E-state index contributed by atoms with van der Waals surface area (Å²) in [5.41, 5.74) is 1.21. The molecule has 0 unspecified atom stereocenters. The quantitative estimate of drug-likeness (QED) is 0.894. The number of alkyl halides is 1. The Hall–Kier alpha value is -2.28. The molecular weight excluding hydrogens is 350 g/mol. The molecule has 3 heterocycles. The van der Waals surface area contributed by atoms with Crippen molar-refractivity contribution in [2.75, 3.05) is 31.5 Å².